The van der Waals surface area contributed by atoms with Crippen molar-refractivity contribution in [2.45, 2.75) is 24.2 Å². The molecule has 0 aromatic heterocycles. The summed E-state index contributed by atoms with van der Waals surface area (Å²) in [6.45, 7) is 0.186. The molecule has 1 aliphatic rings. The van der Waals surface area contributed by atoms with E-state index in [1.807, 2.05) is 0 Å². The topological polar surface area (TPSA) is 83.5 Å². The lowest BCUT2D eigenvalue weighted by Crippen LogP contribution is -2.33. The van der Waals surface area contributed by atoms with Crippen LogP contribution in [0.15, 0.2) is 29.2 Å². The first-order valence-corrected chi connectivity index (χ1v) is 8.94. The van der Waals surface area contributed by atoms with Crippen LogP contribution in [0.1, 0.15) is 19.3 Å². The second-order valence-electron chi connectivity index (χ2n) is 4.94. The van der Waals surface area contributed by atoms with Gasteiger partial charge in [0.15, 0.2) is 0 Å². The molecule has 1 fully saturated rings. The van der Waals surface area contributed by atoms with E-state index in [9.17, 15) is 13.2 Å². The molecule has 1 saturated carbocycles. The largest absolute Gasteiger partial charge is 0.481 e. The Balaban J connectivity index is 2.02. The van der Waals surface area contributed by atoms with E-state index in [0.29, 0.717) is 6.42 Å². The van der Waals surface area contributed by atoms with Crippen molar-refractivity contribution < 1.29 is 18.3 Å². The Hall–Kier alpha value is -0.670. The van der Waals surface area contributed by atoms with E-state index in [-0.39, 0.29) is 17.4 Å². The molecule has 110 valence electrons. The number of nitrogens with one attached hydrogen (secondary N) is 1. The van der Waals surface area contributed by atoms with Crippen LogP contribution >= 0.6 is 22.6 Å². The molecule has 5 nitrogen and oxygen atoms in total. The van der Waals surface area contributed by atoms with Gasteiger partial charge in [0.05, 0.1) is 10.8 Å². The summed E-state index contributed by atoms with van der Waals surface area (Å²) in [5.41, 5.74) is 0. The van der Waals surface area contributed by atoms with Crippen LogP contribution in [-0.4, -0.2) is 26.0 Å². The number of carbonyl (C=O) groups is 1. The van der Waals surface area contributed by atoms with Crippen LogP contribution in [0, 0.1) is 15.4 Å². The summed E-state index contributed by atoms with van der Waals surface area (Å²) >= 11 is 2.11. The zero-order valence-electron chi connectivity index (χ0n) is 10.8. The Morgan fingerprint density at radius 3 is 2.55 bits per heavy atom. The van der Waals surface area contributed by atoms with E-state index in [0.717, 1.165) is 16.4 Å². The van der Waals surface area contributed by atoms with E-state index in [1.54, 1.807) is 24.3 Å². The van der Waals surface area contributed by atoms with Crippen molar-refractivity contribution in [2.75, 3.05) is 6.54 Å². The van der Waals surface area contributed by atoms with E-state index in [4.69, 9.17) is 5.11 Å². The minimum Gasteiger partial charge on any atom is -0.481 e. The number of halogens is 1. The highest BCUT2D eigenvalue weighted by molar-refractivity contribution is 14.1. The van der Waals surface area contributed by atoms with Gasteiger partial charge in [-0.15, -0.1) is 0 Å². The van der Waals surface area contributed by atoms with Gasteiger partial charge >= 0.3 is 5.97 Å². The summed E-state index contributed by atoms with van der Waals surface area (Å²) in [5, 5.41) is 9.08. The highest BCUT2D eigenvalue weighted by Gasteiger charge is 2.33. The second-order valence-corrected chi connectivity index (χ2v) is 7.95. The first kappa shape index (κ1) is 15.7. The average Bonchev–Trinajstić information content (AvgIpc) is 2.85. The predicted octanol–water partition coefficient (Wildman–Crippen LogP) is 2.07. The molecule has 0 aliphatic heterocycles. The monoisotopic (exact) mass is 409 g/mol. The first-order valence-electron chi connectivity index (χ1n) is 6.38. The lowest BCUT2D eigenvalue weighted by Gasteiger charge is -2.16. The lowest BCUT2D eigenvalue weighted by atomic mass is 9.97. The molecule has 0 radical (unpaired) electrons. The van der Waals surface area contributed by atoms with Crippen LogP contribution in [0.4, 0.5) is 0 Å². The summed E-state index contributed by atoms with van der Waals surface area (Å²) < 4.78 is 27.7. The van der Waals surface area contributed by atoms with Gasteiger partial charge in [-0.2, -0.15) is 0 Å². The Morgan fingerprint density at radius 2 is 1.95 bits per heavy atom. The van der Waals surface area contributed by atoms with E-state index >= 15 is 0 Å². The Bertz CT molecular complexity index is 585. The fourth-order valence-corrected chi connectivity index (χ4v) is 3.97. The maximum absolute atomic E-state index is 12.1. The zero-order chi connectivity index (χ0) is 14.8. The van der Waals surface area contributed by atoms with Crippen molar-refractivity contribution in [2.24, 2.45) is 11.8 Å². The van der Waals surface area contributed by atoms with Gasteiger partial charge in [0.1, 0.15) is 0 Å². The number of rotatable bonds is 5. The molecule has 7 heteroatoms. The predicted molar refractivity (Wildman–Crippen MR) is 82.8 cm³/mol. The second kappa shape index (κ2) is 6.40. The fourth-order valence-electron chi connectivity index (χ4n) is 2.52. The minimum atomic E-state index is -3.56. The van der Waals surface area contributed by atoms with E-state index < -0.39 is 21.9 Å². The van der Waals surface area contributed by atoms with Crippen molar-refractivity contribution in [1.82, 2.24) is 4.72 Å². The highest BCUT2D eigenvalue weighted by Crippen LogP contribution is 2.31. The van der Waals surface area contributed by atoms with Crippen LogP contribution in [0.5, 0.6) is 0 Å². The van der Waals surface area contributed by atoms with Crippen molar-refractivity contribution in [3.8, 4) is 0 Å². The Kier molecular flexibility index (Phi) is 5.03. The van der Waals surface area contributed by atoms with Crippen molar-refractivity contribution in [3.05, 3.63) is 27.8 Å². The van der Waals surface area contributed by atoms with Gasteiger partial charge in [-0.1, -0.05) is 6.42 Å². The smallest absolute Gasteiger partial charge is 0.306 e. The van der Waals surface area contributed by atoms with Gasteiger partial charge in [-0.25, -0.2) is 13.1 Å². The quantitative estimate of drug-likeness (QED) is 0.730. The maximum atomic E-state index is 12.1. The van der Waals surface area contributed by atoms with E-state index in [1.165, 1.54) is 0 Å². The average molecular weight is 409 g/mol. The number of hydrogen-bond donors (Lipinski definition) is 2. The van der Waals surface area contributed by atoms with Crippen LogP contribution in [0.3, 0.4) is 0 Å². The lowest BCUT2D eigenvalue weighted by molar-refractivity contribution is -0.142. The van der Waals surface area contributed by atoms with Crippen molar-refractivity contribution >= 4 is 38.6 Å². The summed E-state index contributed by atoms with van der Waals surface area (Å²) in [6, 6.07) is 6.55. The third-order valence-corrected chi connectivity index (χ3v) is 5.79. The molecule has 2 N–H and O–H groups in total. The number of carboxylic acid groups (broad SMARTS) is 1. The molecule has 0 bridgehead atoms. The molecule has 20 heavy (non-hydrogen) atoms. The number of carboxylic acids is 1. The molecule has 0 amide bonds. The van der Waals surface area contributed by atoms with Crippen LogP contribution in [0.25, 0.3) is 0 Å². The normalized spacial score (nSPS) is 22.9. The van der Waals surface area contributed by atoms with Gasteiger partial charge in [0, 0.05) is 10.1 Å². The number of hydrogen-bond acceptors (Lipinski definition) is 3. The molecule has 0 heterocycles. The van der Waals surface area contributed by atoms with Gasteiger partial charge in [0.2, 0.25) is 10.0 Å². The standard InChI is InChI=1S/C13H16INO4S/c14-10-4-6-11(7-5-10)20(18,19)15-8-9-2-1-3-12(9)13(16)17/h4-7,9,12,15H,1-3,8H2,(H,16,17). The molecule has 1 aromatic rings. The molecule has 0 spiro atoms. The minimum absolute atomic E-state index is 0.119. The van der Waals surface area contributed by atoms with Gasteiger partial charge in [-0.05, 0) is 65.6 Å². The molecular formula is C13H16INO4S. The molecule has 2 unspecified atom stereocenters. The molecule has 2 atom stereocenters. The van der Waals surface area contributed by atoms with E-state index in [2.05, 4.69) is 27.3 Å². The molecule has 0 saturated heterocycles. The van der Waals surface area contributed by atoms with Crippen molar-refractivity contribution in [3.63, 3.8) is 0 Å². The van der Waals surface area contributed by atoms with Gasteiger partial charge in [0.25, 0.3) is 0 Å². The molecule has 1 aliphatic carbocycles. The summed E-state index contributed by atoms with van der Waals surface area (Å²) in [6.07, 6.45) is 2.23. The van der Waals surface area contributed by atoms with Gasteiger partial charge < -0.3 is 5.11 Å². The molecule has 1 aromatic carbocycles. The third kappa shape index (κ3) is 3.70. The molecular weight excluding hydrogens is 393 g/mol. The zero-order valence-corrected chi connectivity index (χ0v) is 13.7. The van der Waals surface area contributed by atoms with Crippen LogP contribution in [-0.2, 0) is 14.8 Å². The fraction of sp³-hybridized carbons (Fsp3) is 0.462. The highest BCUT2D eigenvalue weighted by atomic mass is 127. The Labute approximate surface area is 132 Å². The van der Waals surface area contributed by atoms with Crippen LogP contribution in [0.2, 0.25) is 0 Å². The SMILES string of the molecule is O=C(O)C1CCCC1CNS(=O)(=O)c1ccc(I)cc1. The summed E-state index contributed by atoms with van der Waals surface area (Å²) in [5.74, 6) is -1.39. The first-order chi connectivity index (χ1) is 9.40. The number of aliphatic carboxylic acids is 1. The Morgan fingerprint density at radius 1 is 1.30 bits per heavy atom. The van der Waals surface area contributed by atoms with Gasteiger partial charge in [-0.3, -0.25) is 4.79 Å². The summed E-state index contributed by atoms with van der Waals surface area (Å²) in [7, 11) is -3.56. The molecule has 2 rings (SSSR count). The number of benzene rings is 1. The third-order valence-electron chi connectivity index (χ3n) is 3.64. The van der Waals surface area contributed by atoms with Crippen molar-refractivity contribution in [1.29, 1.82) is 0 Å². The number of sulfonamides is 1. The summed E-state index contributed by atoms with van der Waals surface area (Å²) in [4.78, 5) is 11.3. The van der Waals surface area contributed by atoms with Crippen LogP contribution < -0.4 is 4.72 Å². The maximum Gasteiger partial charge on any atom is 0.306 e.